The molecule has 0 aliphatic carbocycles. The average Bonchev–Trinajstić information content (AvgIpc) is 2.87. The van der Waals surface area contributed by atoms with Gasteiger partial charge in [0.1, 0.15) is 17.7 Å². The number of rotatable bonds is 3. The van der Waals surface area contributed by atoms with Crippen LogP contribution in [-0.4, -0.2) is 12.2 Å². The Hall–Kier alpha value is -1.39. The highest BCUT2D eigenvalue weighted by molar-refractivity contribution is 7.12. The summed E-state index contributed by atoms with van der Waals surface area (Å²) in [6.45, 7) is 6.37. The minimum absolute atomic E-state index is 0.0364. The molecule has 0 saturated heterocycles. The Morgan fingerprint density at radius 1 is 1.20 bits per heavy atom. The second-order valence-corrected chi connectivity index (χ2v) is 6.86. The predicted molar refractivity (Wildman–Crippen MR) is 80.0 cm³/mol. The molecule has 0 bridgehead atoms. The van der Waals surface area contributed by atoms with Crippen LogP contribution in [0.5, 0.6) is 5.75 Å². The van der Waals surface area contributed by atoms with Crippen molar-refractivity contribution in [2.24, 2.45) is 0 Å². The van der Waals surface area contributed by atoms with Gasteiger partial charge >= 0.3 is 0 Å². The van der Waals surface area contributed by atoms with Gasteiger partial charge in [-0.3, -0.25) is 0 Å². The van der Waals surface area contributed by atoms with E-state index in [1.54, 1.807) is 0 Å². The highest BCUT2D eigenvalue weighted by Crippen LogP contribution is 2.37. The molecular formula is C16H19FO2S. The molecule has 20 heavy (non-hydrogen) atoms. The molecule has 1 atom stereocenters. The maximum atomic E-state index is 13.4. The summed E-state index contributed by atoms with van der Waals surface area (Å²) < 4.78 is 18.6. The molecule has 0 aliphatic heterocycles. The third-order valence-electron chi connectivity index (χ3n) is 3.12. The number of hydrogen-bond acceptors (Lipinski definition) is 3. The van der Waals surface area contributed by atoms with Crippen molar-refractivity contribution in [3.05, 3.63) is 51.5 Å². The van der Waals surface area contributed by atoms with E-state index in [2.05, 4.69) is 20.8 Å². The quantitative estimate of drug-likeness (QED) is 0.915. The first-order valence-corrected chi connectivity index (χ1v) is 7.26. The monoisotopic (exact) mass is 294 g/mol. The summed E-state index contributed by atoms with van der Waals surface area (Å²) in [5.41, 5.74) is 0.490. The van der Waals surface area contributed by atoms with E-state index in [1.165, 1.54) is 41.5 Å². The molecule has 0 fully saturated rings. The second-order valence-electron chi connectivity index (χ2n) is 5.74. The molecule has 0 radical (unpaired) electrons. The summed E-state index contributed by atoms with van der Waals surface area (Å²) in [6.07, 6.45) is -0.873. The highest BCUT2D eigenvalue weighted by Gasteiger charge is 2.22. The van der Waals surface area contributed by atoms with E-state index in [9.17, 15) is 9.50 Å². The van der Waals surface area contributed by atoms with Crippen LogP contribution in [0.25, 0.3) is 0 Å². The zero-order valence-corrected chi connectivity index (χ0v) is 12.9. The van der Waals surface area contributed by atoms with Gasteiger partial charge in [0.25, 0.3) is 0 Å². The summed E-state index contributed by atoms with van der Waals surface area (Å²) >= 11 is 1.54. The number of methoxy groups -OCH3 is 1. The number of halogens is 1. The first-order chi connectivity index (χ1) is 9.32. The summed E-state index contributed by atoms with van der Waals surface area (Å²) in [6, 6.07) is 8.07. The van der Waals surface area contributed by atoms with Gasteiger partial charge in [0.15, 0.2) is 0 Å². The lowest BCUT2D eigenvalue weighted by atomic mass is 9.95. The smallest absolute Gasteiger partial charge is 0.125 e. The Kier molecular flexibility index (Phi) is 4.16. The van der Waals surface area contributed by atoms with E-state index in [0.717, 1.165) is 4.88 Å². The lowest BCUT2D eigenvalue weighted by Crippen LogP contribution is -2.08. The number of aliphatic hydroxyl groups is 1. The van der Waals surface area contributed by atoms with E-state index in [0.29, 0.717) is 11.3 Å². The summed E-state index contributed by atoms with van der Waals surface area (Å²) in [5, 5.41) is 10.5. The molecular weight excluding hydrogens is 275 g/mol. The molecule has 1 aromatic heterocycles. The van der Waals surface area contributed by atoms with Crippen molar-refractivity contribution in [1.29, 1.82) is 0 Å². The van der Waals surface area contributed by atoms with Crippen molar-refractivity contribution in [3.63, 3.8) is 0 Å². The average molecular weight is 294 g/mol. The fraction of sp³-hybridized carbons (Fsp3) is 0.375. The van der Waals surface area contributed by atoms with Gasteiger partial charge in [0.2, 0.25) is 0 Å². The van der Waals surface area contributed by atoms with Gasteiger partial charge in [-0.2, -0.15) is 0 Å². The highest BCUT2D eigenvalue weighted by atomic mass is 32.1. The molecule has 2 nitrogen and oxygen atoms in total. The lowest BCUT2D eigenvalue weighted by Gasteiger charge is -2.16. The lowest BCUT2D eigenvalue weighted by molar-refractivity contribution is 0.218. The van der Waals surface area contributed by atoms with Gasteiger partial charge < -0.3 is 9.84 Å². The molecule has 2 aromatic rings. The van der Waals surface area contributed by atoms with Crippen molar-refractivity contribution in [1.82, 2.24) is 0 Å². The Labute approximate surface area is 122 Å². The van der Waals surface area contributed by atoms with Crippen LogP contribution in [0.2, 0.25) is 0 Å². The number of thiophene rings is 1. The maximum Gasteiger partial charge on any atom is 0.125 e. The molecule has 108 valence electrons. The van der Waals surface area contributed by atoms with Gasteiger partial charge in [-0.05, 0) is 35.7 Å². The van der Waals surface area contributed by atoms with Crippen LogP contribution in [-0.2, 0) is 5.41 Å². The summed E-state index contributed by atoms with van der Waals surface area (Å²) in [5.74, 6) is 0.108. The van der Waals surface area contributed by atoms with Crippen molar-refractivity contribution >= 4 is 11.3 Å². The summed E-state index contributed by atoms with van der Waals surface area (Å²) in [7, 11) is 1.51. The molecule has 0 spiro atoms. The number of ether oxygens (including phenoxy) is 1. The van der Waals surface area contributed by atoms with Gasteiger partial charge in [-0.25, -0.2) is 4.39 Å². The van der Waals surface area contributed by atoms with Crippen molar-refractivity contribution in [3.8, 4) is 5.75 Å². The minimum atomic E-state index is -0.873. The predicted octanol–water partition coefficient (Wildman–Crippen LogP) is 4.28. The Bertz CT molecular complexity index is 599. The zero-order chi connectivity index (χ0) is 14.9. The Morgan fingerprint density at radius 3 is 2.45 bits per heavy atom. The van der Waals surface area contributed by atoms with Crippen LogP contribution in [0.4, 0.5) is 4.39 Å². The summed E-state index contributed by atoms with van der Waals surface area (Å²) in [4.78, 5) is 1.97. The Balaban J connectivity index is 2.38. The molecule has 4 heteroatoms. The van der Waals surface area contributed by atoms with Crippen LogP contribution in [0.15, 0.2) is 30.3 Å². The van der Waals surface area contributed by atoms with Gasteiger partial charge in [-0.1, -0.05) is 20.8 Å². The molecule has 1 heterocycles. The maximum absolute atomic E-state index is 13.4. The molecule has 0 amide bonds. The fourth-order valence-electron chi connectivity index (χ4n) is 1.98. The van der Waals surface area contributed by atoms with E-state index in [1.807, 2.05) is 12.1 Å². The molecule has 1 aromatic carbocycles. The Morgan fingerprint density at radius 2 is 1.90 bits per heavy atom. The SMILES string of the molecule is COc1ccc(F)cc1C(O)c1ccc(C(C)(C)C)s1. The van der Waals surface area contributed by atoms with Gasteiger partial charge in [0, 0.05) is 15.3 Å². The van der Waals surface area contributed by atoms with Crippen LogP contribution in [0, 0.1) is 5.82 Å². The normalized spacial score (nSPS) is 13.3. The standard InChI is InChI=1S/C16H19FO2S/c1-16(2,3)14-8-7-13(20-14)15(18)11-9-10(17)5-6-12(11)19-4/h5-9,15,18H,1-4H3. The van der Waals surface area contributed by atoms with E-state index in [4.69, 9.17) is 4.74 Å². The third-order valence-corrected chi connectivity index (χ3v) is 4.69. The van der Waals surface area contributed by atoms with Crippen molar-refractivity contribution in [2.75, 3.05) is 7.11 Å². The number of hydrogen-bond donors (Lipinski definition) is 1. The van der Waals surface area contributed by atoms with Crippen LogP contribution in [0.1, 0.15) is 42.2 Å². The van der Waals surface area contributed by atoms with E-state index in [-0.39, 0.29) is 11.2 Å². The minimum Gasteiger partial charge on any atom is -0.496 e. The van der Waals surface area contributed by atoms with Gasteiger partial charge in [-0.15, -0.1) is 11.3 Å². The first-order valence-electron chi connectivity index (χ1n) is 6.44. The van der Waals surface area contributed by atoms with Crippen LogP contribution in [0.3, 0.4) is 0 Å². The number of aliphatic hydroxyl groups excluding tert-OH is 1. The second kappa shape index (κ2) is 5.54. The molecule has 0 saturated carbocycles. The topological polar surface area (TPSA) is 29.5 Å². The zero-order valence-electron chi connectivity index (χ0n) is 12.1. The van der Waals surface area contributed by atoms with E-state index >= 15 is 0 Å². The van der Waals surface area contributed by atoms with E-state index < -0.39 is 6.10 Å². The first kappa shape index (κ1) is 15.0. The van der Waals surface area contributed by atoms with Crippen molar-refractivity contribution in [2.45, 2.75) is 32.3 Å². The number of benzene rings is 1. The largest absolute Gasteiger partial charge is 0.496 e. The molecule has 1 N–H and O–H groups in total. The van der Waals surface area contributed by atoms with Crippen LogP contribution >= 0.6 is 11.3 Å². The third kappa shape index (κ3) is 3.02. The molecule has 0 aliphatic rings. The fourth-order valence-corrected chi connectivity index (χ4v) is 3.05. The molecule has 1 unspecified atom stereocenters. The van der Waals surface area contributed by atoms with Crippen molar-refractivity contribution < 1.29 is 14.2 Å². The van der Waals surface area contributed by atoms with Gasteiger partial charge in [0.05, 0.1) is 7.11 Å². The van der Waals surface area contributed by atoms with Crippen LogP contribution < -0.4 is 4.74 Å². The molecule has 2 rings (SSSR count).